The number of allylic oxidation sites excluding steroid dienone is 1. The number of fused-ring (bicyclic) bond motifs is 1. The minimum Gasteiger partial charge on any atom is -0.453 e. The Kier molecular flexibility index (Phi) is 12.4. The summed E-state index contributed by atoms with van der Waals surface area (Å²) in [6.07, 6.45) is -1.69. The number of amides is 3. The van der Waals surface area contributed by atoms with E-state index in [2.05, 4.69) is 30.7 Å². The number of alkyl halides is 3. The molecule has 3 rings (SSSR count). The van der Waals surface area contributed by atoms with Crippen LogP contribution in [0, 0.1) is 12.7 Å². The number of aromatic nitrogens is 4. The van der Waals surface area contributed by atoms with E-state index in [1.807, 2.05) is 0 Å². The van der Waals surface area contributed by atoms with Gasteiger partial charge in [-0.2, -0.15) is 13.2 Å². The number of aromatic amines is 1. The lowest BCUT2D eigenvalue weighted by Gasteiger charge is -2.11. The predicted molar refractivity (Wildman–Crippen MR) is 150 cm³/mol. The number of aryl methyl sites for hydroxylation is 2. The number of unbranched alkanes of at least 4 members (excludes halogenated alkanes) is 1. The van der Waals surface area contributed by atoms with Gasteiger partial charge in [-0.05, 0) is 38.0 Å². The van der Waals surface area contributed by atoms with Crippen molar-refractivity contribution in [1.82, 2.24) is 24.4 Å². The van der Waals surface area contributed by atoms with Crippen molar-refractivity contribution in [2.45, 2.75) is 51.7 Å². The van der Waals surface area contributed by atoms with E-state index in [-0.39, 0.29) is 53.0 Å². The number of primary amides is 1. The van der Waals surface area contributed by atoms with Crippen molar-refractivity contribution in [3.8, 4) is 0 Å². The van der Waals surface area contributed by atoms with Crippen molar-refractivity contribution >= 4 is 34.6 Å². The highest BCUT2D eigenvalue weighted by Crippen LogP contribution is 2.25. The zero-order valence-electron chi connectivity index (χ0n) is 24.0. The second kappa shape index (κ2) is 15.5. The number of nitrogens with zero attached hydrogens (tertiary/aromatic N) is 4. The quantitative estimate of drug-likeness (QED) is 0.179. The summed E-state index contributed by atoms with van der Waals surface area (Å²) in [5, 5.41) is 2.58. The molecule has 12 nitrogen and oxygen atoms in total. The molecule has 3 aromatic heterocycles. The number of halogens is 4. The van der Waals surface area contributed by atoms with E-state index in [4.69, 9.17) is 0 Å². The number of H-pyrrole nitrogens is 1. The number of carbonyl (C=O) groups excluding carboxylic acids is 3. The van der Waals surface area contributed by atoms with Crippen LogP contribution in [-0.4, -0.2) is 69.7 Å². The van der Waals surface area contributed by atoms with Crippen molar-refractivity contribution < 1.29 is 36.7 Å². The molecule has 234 valence electrons. The number of imidazole rings is 1. The number of carbonyl (C=O) groups is 3. The summed E-state index contributed by atoms with van der Waals surface area (Å²) < 4.78 is 57.5. The molecule has 3 heterocycles. The molecule has 0 atom stereocenters. The Labute approximate surface area is 243 Å². The van der Waals surface area contributed by atoms with Crippen molar-refractivity contribution in [2.24, 2.45) is 5.73 Å². The van der Waals surface area contributed by atoms with E-state index >= 15 is 0 Å². The molecule has 16 heteroatoms. The maximum absolute atomic E-state index is 14.3. The highest BCUT2D eigenvalue weighted by Gasteiger charge is 2.28. The largest absolute Gasteiger partial charge is 0.453 e. The molecule has 0 saturated carbocycles. The predicted octanol–water partition coefficient (Wildman–Crippen LogP) is 3.58. The van der Waals surface area contributed by atoms with Crippen molar-refractivity contribution in [3.05, 3.63) is 63.9 Å². The molecule has 0 bridgehead atoms. The lowest BCUT2D eigenvalue weighted by Crippen LogP contribution is -2.27. The standard InChI is InChI=1S/C25H28F4N6O3.C2H5NO2/c1-15-9-10-18(31-20(36)7-5-4-6-8-21(37)34(2)3)24(38)35(15)14-19-32-22-16(26)13-30-17(23(22)33-19)11-12-25(27,28)29;1-5-2(3)4/h6,8-10,13H,4-5,7,11-12,14H2,1-3H3,(H,31,36)(H,32,33);1H3,(H2,3,4)/b8-6+;. The fourth-order valence-electron chi connectivity index (χ4n) is 3.63. The van der Waals surface area contributed by atoms with Gasteiger partial charge >= 0.3 is 12.3 Å². The van der Waals surface area contributed by atoms with E-state index in [0.717, 1.165) is 6.20 Å². The average Bonchev–Trinajstić information content (AvgIpc) is 3.36. The van der Waals surface area contributed by atoms with Crippen LogP contribution in [0.4, 0.5) is 28.0 Å². The Morgan fingerprint density at radius 2 is 1.91 bits per heavy atom. The molecule has 4 N–H and O–H groups in total. The smallest absolute Gasteiger partial charge is 0.404 e. The highest BCUT2D eigenvalue weighted by atomic mass is 19.4. The number of ether oxygens (including phenoxy) is 1. The molecular weight excluding hydrogens is 578 g/mol. The van der Waals surface area contributed by atoms with Crippen LogP contribution in [0.2, 0.25) is 0 Å². The SMILES string of the molecule is COC(N)=O.Cc1ccc(NC(=O)CCC/C=C/C(=O)N(C)C)c(=O)n1Cc1nc2c(F)cnc(CCC(F)(F)F)c2[nH]1. The fraction of sp³-hybridized carbons (Fsp3) is 0.407. The van der Waals surface area contributed by atoms with Crippen LogP contribution in [0.15, 0.2) is 35.3 Å². The molecular formula is C27H33F4N7O5. The lowest BCUT2D eigenvalue weighted by atomic mass is 10.2. The molecule has 0 radical (unpaired) electrons. The van der Waals surface area contributed by atoms with Gasteiger partial charge in [0.2, 0.25) is 11.8 Å². The van der Waals surface area contributed by atoms with Gasteiger partial charge in [-0.15, -0.1) is 0 Å². The topological polar surface area (TPSA) is 165 Å². The third-order valence-electron chi connectivity index (χ3n) is 5.90. The number of hydrogen-bond acceptors (Lipinski definition) is 7. The Hall–Kier alpha value is -4.76. The Morgan fingerprint density at radius 1 is 1.23 bits per heavy atom. The molecule has 3 aromatic rings. The van der Waals surface area contributed by atoms with Gasteiger partial charge in [0.1, 0.15) is 17.0 Å². The van der Waals surface area contributed by atoms with Crippen LogP contribution < -0.4 is 16.6 Å². The number of hydrogen-bond donors (Lipinski definition) is 3. The number of nitrogens with two attached hydrogens (primary N) is 1. The number of nitrogens with one attached hydrogen (secondary N) is 2. The summed E-state index contributed by atoms with van der Waals surface area (Å²) in [6, 6.07) is 3.09. The van der Waals surface area contributed by atoms with E-state index in [9.17, 15) is 36.7 Å². The molecule has 0 saturated heterocycles. The normalized spacial score (nSPS) is 11.3. The van der Waals surface area contributed by atoms with Crippen molar-refractivity contribution in [2.75, 3.05) is 26.5 Å². The third kappa shape index (κ3) is 10.9. The van der Waals surface area contributed by atoms with E-state index in [1.165, 1.54) is 28.7 Å². The zero-order chi connectivity index (χ0) is 32.3. The van der Waals surface area contributed by atoms with Crippen molar-refractivity contribution in [3.63, 3.8) is 0 Å². The molecule has 0 fully saturated rings. The maximum Gasteiger partial charge on any atom is 0.404 e. The van der Waals surface area contributed by atoms with Crippen LogP contribution in [0.3, 0.4) is 0 Å². The molecule has 43 heavy (non-hydrogen) atoms. The molecule has 0 aliphatic rings. The first-order chi connectivity index (χ1) is 20.1. The Morgan fingerprint density at radius 3 is 2.51 bits per heavy atom. The summed E-state index contributed by atoms with van der Waals surface area (Å²) in [5.41, 5.74) is 4.37. The molecule has 0 aliphatic heterocycles. The summed E-state index contributed by atoms with van der Waals surface area (Å²) in [6.45, 7) is 1.53. The van der Waals surface area contributed by atoms with Gasteiger partial charge in [-0.25, -0.2) is 14.2 Å². The van der Waals surface area contributed by atoms with Gasteiger partial charge in [0.05, 0.1) is 31.1 Å². The minimum absolute atomic E-state index is 0.0171. The summed E-state index contributed by atoms with van der Waals surface area (Å²) >= 11 is 0. The molecule has 0 aromatic carbocycles. The Bertz CT molecular complexity index is 1530. The number of anilines is 1. The second-order valence-electron chi connectivity index (χ2n) is 9.45. The number of methoxy groups -OCH3 is 1. The maximum atomic E-state index is 14.3. The van der Waals surface area contributed by atoms with Crippen LogP contribution in [0.1, 0.15) is 42.9 Å². The van der Waals surface area contributed by atoms with Crippen LogP contribution >= 0.6 is 0 Å². The first-order valence-corrected chi connectivity index (χ1v) is 12.9. The minimum atomic E-state index is -4.40. The molecule has 0 aliphatic carbocycles. The number of likely N-dealkylation sites (N-methyl/N-ethyl adjacent to an activating group) is 1. The first-order valence-electron chi connectivity index (χ1n) is 12.9. The van der Waals surface area contributed by atoms with Gasteiger partial charge in [0, 0.05) is 39.1 Å². The van der Waals surface area contributed by atoms with E-state index < -0.39 is 36.5 Å². The number of rotatable bonds is 10. The monoisotopic (exact) mass is 611 g/mol. The third-order valence-corrected chi connectivity index (χ3v) is 5.90. The summed E-state index contributed by atoms with van der Waals surface area (Å²) in [5.74, 6) is -1.19. The summed E-state index contributed by atoms with van der Waals surface area (Å²) in [7, 11) is 4.49. The molecule has 0 spiro atoms. The van der Waals surface area contributed by atoms with Gasteiger partial charge in [0.25, 0.3) is 5.56 Å². The molecule has 0 unspecified atom stereocenters. The fourth-order valence-corrected chi connectivity index (χ4v) is 3.63. The van der Waals surface area contributed by atoms with Crippen LogP contribution in [0.5, 0.6) is 0 Å². The first kappa shape index (κ1) is 34.4. The molecule has 3 amide bonds. The second-order valence-corrected chi connectivity index (χ2v) is 9.45. The van der Waals surface area contributed by atoms with Gasteiger partial charge in [-0.1, -0.05) is 6.08 Å². The van der Waals surface area contributed by atoms with E-state index in [1.54, 1.807) is 33.2 Å². The lowest BCUT2D eigenvalue weighted by molar-refractivity contribution is -0.134. The van der Waals surface area contributed by atoms with Gasteiger partial charge in [0.15, 0.2) is 5.82 Å². The van der Waals surface area contributed by atoms with Crippen molar-refractivity contribution in [1.29, 1.82) is 0 Å². The number of pyridine rings is 2. The van der Waals surface area contributed by atoms with Gasteiger partial charge < -0.3 is 30.2 Å². The zero-order valence-corrected chi connectivity index (χ0v) is 24.0. The van der Waals surface area contributed by atoms with Gasteiger partial charge in [-0.3, -0.25) is 19.4 Å². The van der Waals surface area contributed by atoms with E-state index in [0.29, 0.717) is 18.5 Å². The average molecular weight is 612 g/mol. The van der Waals surface area contributed by atoms with Crippen LogP contribution in [0.25, 0.3) is 11.0 Å². The highest BCUT2D eigenvalue weighted by molar-refractivity contribution is 5.90. The van der Waals surface area contributed by atoms with Crippen LogP contribution in [-0.2, 0) is 27.3 Å². The Balaban J connectivity index is 0.00000119. The summed E-state index contributed by atoms with van der Waals surface area (Å²) in [4.78, 5) is 58.4.